The smallest absolute Gasteiger partial charge is 0.382 e. The molecule has 204 valence electrons. The largest absolute Gasteiger partial charge is 0.502 e. The van der Waals surface area contributed by atoms with E-state index in [0.29, 0.717) is 17.9 Å². The fourth-order valence-corrected chi connectivity index (χ4v) is 3.99. The number of aryl methyl sites for hydroxylation is 2. The molecule has 0 aliphatic heterocycles. The summed E-state index contributed by atoms with van der Waals surface area (Å²) in [6.07, 6.45) is 1.22. The third-order valence-corrected chi connectivity index (χ3v) is 6.00. The van der Waals surface area contributed by atoms with Crippen molar-refractivity contribution in [2.45, 2.75) is 20.5 Å². The maximum Gasteiger partial charge on any atom is 0.382 e. The van der Waals surface area contributed by atoms with Gasteiger partial charge in [-0.1, -0.05) is 35.9 Å². The summed E-state index contributed by atoms with van der Waals surface area (Å²) >= 11 is 0. The Morgan fingerprint density at radius 1 is 1.05 bits per heavy atom. The van der Waals surface area contributed by atoms with Crippen LogP contribution in [0.4, 0.5) is 5.69 Å². The second-order valence-electron chi connectivity index (χ2n) is 8.67. The summed E-state index contributed by atoms with van der Waals surface area (Å²) in [6, 6.07) is 16.1. The van der Waals surface area contributed by atoms with Gasteiger partial charge >= 0.3 is 17.6 Å². The molecule has 1 amide bonds. The highest BCUT2D eigenvalue weighted by Crippen LogP contribution is 2.33. The molecule has 4 aromatic rings. The van der Waals surface area contributed by atoms with Crippen LogP contribution in [0.2, 0.25) is 0 Å². The molecule has 40 heavy (non-hydrogen) atoms. The molecule has 4 N–H and O–H groups in total. The third kappa shape index (κ3) is 5.66. The average Bonchev–Trinajstić information content (AvgIpc) is 3.43. The molecule has 4 rings (SSSR count). The molecule has 1 aromatic heterocycles. The van der Waals surface area contributed by atoms with Crippen LogP contribution in [0.1, 0.15) is 48.0 Å². The zero-order valence-electron chi connectivity index (χ0n) is 21.3. The molecule has 0 bridgehead atoms. The van der Waals surface area contributed by atoms with E-state index in [1.165, 1.54) is 12.3 Å². The number of nitrogens with one attached hydrogen (secondary N) is 1. The lowest BCUT2D eigenvalue weighted by molar-refractivity contribution is -0.386. The van der Waals surface area contributed by atoms with E-state index in [4.69, 9.17) is 19.7 Å². The molecule has 0 aliphatic carbocycles. The highest BCUT2D eigenvalue weighted by atomic mass is 16.6. The normalized spacial score (nSPS) is 10.6. The van der Waals surface area contributed by atoms with Crippen LogP contribution >= 0.6 is 0 Å². The molecule has 0 aliphatic rings. The Morgan fingerprint density at radius 3 is 2.55 bits per heavy atom. The molecule has 12 heteroatoms. The first-order valence-corrected chi connectivity index (χ1v) is 11.7. The van der Waals surface area contributed by atoms with Crippen molar-refractivity contribution in [1.82, 2.24) is 5.43 Å². The molecular weight excluding hydrogens is 522 g/mol. The second kappa shape index (κ2) is 11.5. The van der Waals surface area contributed by atoms with E-state index in [1.54, 1.807) is 29.7 Å². The number of phenols is 1. The van der Waals surface area contributed by atoms with Crippen LogP contribution < -0.4 is 16.0 Å². The van der Waals surface area contributed by atoms with E-state index in [-0.39, 0.29) is 11.3 Å². The molecule has 0 saturated heterocycles. The number of aromatic hydroxyl groups is 1. The first-order chi connectivity index (χ1) is 19.1. The molecule has 3 aromatic carbocycles. The van der Waals surface area contributed by atoms with Crippen molar-refractivity contribution < 1.29 is 38.3 Å². The minimum Gasteiger partial charge on any atom is -0.502 e. The number of hydrogen-bond acceptors (Lipinski definition) is 10. The van der Waals surface area contributed by atoms with Crippen molar-refractivity contribution in [3.05, 3.63) is 111 Å². The summed E-state index contributed by atoms with van der Waals surface area (Å²) in [5.41, 5.74) is 3.05. The first-order valence-electron chi connectivity index (χ1n) is 11.7. The van der Waals surface area contributed by atoms with Gasteiger partial charge in [-0.2, -0.15) is 0 Å². The van der Waals surface area contributed by atoms with Gasteiger partial charge in [-0.15, -0.1) is 0 Å². The number of rotatable bonds is 8. The van der Waals surface area contributed by atoms with E-state index in [2.05, 4.69) is 0 Å². The summed E-state index contributed by atoms with van der Waals surface area (Å²) in [7, 11) is 0. The summed E-state index contributed by atoms with van der Waals surface area (Å²) in [5.74, 6) is 0.505. The van der Waals surface area contributed by atoms with Crippen molar-refractivity contribution in [2.75, 3.05) is 0 Å². The van der Waals surface area contributed by atoms with Crippen molar-refractivity contribution in [2.24, 2.45) is 5.84 Å². The molecular formula is C28H23N3O9. The number of phenolic OH excluding ortho intramolecular Hbond substituents is 1. The average molecular weight is 546 g/mol. The summed E-state index contributed by atoms with van der Waals surface area (Å²) in [5, 5.41) is 21.3. The van der Waals surface area contributed by atoms with E-state index in [0.717, 1.165) is 28.8 Å². The molecule has 1 heterocycles. The summed E-state index contributed by atoms with van der Waals surface area (Å²) < 4.78 is 16.1. The van der Waals surface area contributed by atoms with Gasteiger partial charge in [0.15, 0.2) is 5.75 Å². The van der Waals surface area contributed by atoms with Crippen LogP contribution in [-0.4, -0.2) is 27.9 Å². The van der Waals surface area contributed by atoms with Crippen LogP contribution in [0.25, 0.3) is 11.1 Å². The third-order valence-electron chi connectivity index (χ3n) is 6.00. The number of nitro groups is 1. The number of nitro benzene ring substituents is 1. The molecule has 0 spiro atoms. The number of amides is 1. The number of carbonyl (C=O) groups is 3. The molecule has 0 saturated carbocycles. The number of nitrogen functional groups attached to an aromatic ring is 1. The Bertz CT molecular complexity index is 1640. The van der Waals surface area contributed by atoms with Gasteiger partial charge in [0.2, 0.25) is 5.76 Å². The van der Waals surface area contributed by atoms with E-state index < -0.39 is 45.3 Å². The Balaban J connectivity index is 1.57. The Labute approximate surface area is 227 Å². The lowest BCUT2D eigenvalue weighted by Gasteiger charge is -2.11. The second-order valence-corrected chi connectivity index (χ2v) is 8.67. The van der Waals surface area contributed by atoms with E-state index in [1.807, 2.05) is 32.0 Å². The van der Waals surface area contributed by atoms with Gasteiger partial charge in [-0.3, -0.25) is 20.3 Å². The van der Waals surface area contributed by atoms with E-state index in [9.17, 15) is 29.6 Å². The molecule has 0 radical (unpaired) electrons. The Kier molecular flexibility index (Phi) is 7.91. The van der Waals surface area contributed by atoms with Crippen molar-refractivity contribution in [3.8, 4) is 22.6 Å². The Hall–Kier alpha value is -5.49. The quantitative estimate of drug-likeness (QED) is 0.0718. The molecule has 12 nitrogen and oxygen atoms in total. The number of nitrogens with zero attached hydrogens (tertiary/aromatic N) is 1. The van der Waals surface area contributed by atoms with Crippen LogP contribution in [0, 0.1) is 24.0 Å². The summed E-state index contributed by atoms with van der Waals surface area (Å²) in [6.45, 7) is 4.30. The van der Waals surface area contributed by atoms with Gasteiger partial charge in [-0.25, -0.2) is 15.4 Å². The fraction of sp³-hybridized carbons (Fsp3) is 0.107. The topological polar surface area (TPSA) is 184 Å². The minimum absolute atomic E-state index is 0.284. The maximum absolute atomic E-state index is 12.9. The van der Waals surface area contributed by atoms with Crippen LogP contribution in [0.3, 0.4) is 0 Å². The molecule has 0 fully saturated rings. The monoisotopic (exact) mass is 545 g/mol. The van der Waals surface area contributed by atoms with Crippen molar-refractivity contribution in [3.63, 3.8) is 0 Å². The fourth-order valence-electron chi connectivity index (χ4n) is 3.99. The van der Waals surface area contributed by atoms with Gasteiger partial charge in [0.05, 0.1) is 16.7 Å². The van der Waals surface area contributed by atoms with Crippen molar-refractivity contribution >= 4 is 23.5 Å². The number of benzene rings is 3. The zero-order chi connectivity index (χ0) is 29.0. The first kappa shape index (κ1) is 27.5. The van der Waals surface area contributed by atoms with E-state index >= 15 is 0 Å². The SMILES string of the molecule is Cc1ccc(C)c(COc2cccc(-c3ccoc3C(=O)OC(=O)c3ccc(O)c([N+](=O)[O-])c3C(=O)NN)c2)c1. The van der Waals surface area contributed by atoms with Gasteiger partial charge in [0, 0.05) is 5.56 Å². The maximum atomic E-state index is 12.9. The molecule has 0 atom stereocenters. The number of hydrogen-bond donors (Lipinski definition) is 3. The lowest BCUT2D eigenvalue weighted by atomic mass is 10.0. The van der Waals surface area contributed by atoms with Gasteiger partial charge in [-0.05, 0) is 60.9 Å². The van der Waals surface area contributed by atoms with Gasteiger partial charge in [0.25, 0.3) is 5.91 Å². The number of ether oxygens (including phenoxy) is 2. The van der Waals surface area contributed by atoms with Gasteiger partial charge in [0.1, 0.15) is 17.9 Å². The highest BCUT2D eigenvalue weighted by Gasteiger charge is 2.33. The number of furan rings is 1. The summed E-state index contributed by atoms with van der Waals surface area (Å²) in [4.78, 5) is 48.3. The zero-order valence-corrected chi connectivity index (χ0v) is 21.3. The van der Waals surface area contributed by atoms with Crippen LogP contribution in [0.5, 0.6) is 11.5 Å². The number of carbonyl (C=O) groups excluding carboxylic acids is 3. The standard InChI is InChI=1S/C28H23N3O9/c1-15-6-7-16(2)18(12-15)14-39-19-5-3-4-17(13-19)20-10-11-38-25(20)28(35)40-27(34)21-8-9-22(32)24(31(36)37)23(21)26(33)30-29/h3-13,32H,14,29H2,1-2H3,(H,30,33). The predicted molar refractivity (Wildman–Crippen MR) is 141 cm³/mol. The van der Waals surface area contributed by atoms with Crippen molar-refractivity contribution in [1.29, 1.82) is 0 Å². The molecule has 0 unspecified atom stereocenters. The predicted octanol–water partition coefficient (Wildman–Crippen LogP) is 4.36. The highest BCUT2D eigenvalue weighted by molar-refractivity contribution is 6.12. The Morgan fingerprint density at radius 2 is 1.82 bits per heavy atom. The van der Waals surface area contributed by atoms with Crippen LogP contribution in [-0.2, 0) is 11.3 Å². The number of hydrazine groups is 1. The minimum atomic E-state index is -1.40. The lowest BCUT2D eigenvalue weighted by Crippen LogP contribution is -2.32. The number of esters is 2. The van der Waals surface area contributed by atoms with Gasteiger partial charge < -0.3 is 19.0 Å². The number of nitrogens with two attached hydrogens (primary N) is 1. The van der Waals surface area contributed by atoms with Crippen LogP contribution in [0.15, 0.2) is 71.3 Å².